The Labute approximate surface area is 72.0 Å². The Hall–Kier alpha value is -0.770. The second-order valence-electron chi connectivity index (χ2n) is 3.34. The lowest BCUT2D eigenvalue weighted by atomic mass is 10.2. The van der Waals surface area contributed by atoms with Crippen LogP contribution < -0.4 is 0 Å². The van der Waals surface area contributed by atoms with Gasteiger partial charge in [-0.15, -0.1) is 0 Å². The molecule has 0 N–H and O–H groups in total. The second-order valence-corrected chi connectivity index (χ2v) is 3.34. The topological polar surface area (TPSA) is 32.8 Å². The molecule has 2 aliphatic heterocycles. The molecule has 0 aliphatic carbocycles. The molecule has 1 amide bonds. The molecule has 0 spiro atoms. The van der Waals surface area contributed by atoms with E-state index in [0.29, 0.717) is 6.04 Å². The Morgan fingerprint density at radius 3 is 3.00 bits per heavy atom. The van der Waals surface area contributed by atoms with Crippen LogP contribution in [0.15, 0.2) is 0 Å². The highest BCUT2D eigenvalue weighted by Crippen LogP contribution is 2.28. The minimum Gasteiger partial charge on any atom is -0.452 e. The number of amides is 1. The molecule has 2 aliphatic rings. The van der Waals surface area contributed by atoms with Gasteiger partial charge in [0.25, 0.3) is 0 Å². The highest BCUT2D eigenvalue weighted by Gasteiger charge is 2.38. The maximum atomic E-state index is 11.2. The van der Waals surface area contributed by atoms with E-state index in [9.17, 15) is 4.79 Å². The van der Waals surface area contributed by atoms with Gasteiger partial charge in [-0.25, -0.2) is 14.8 Å². The maximum Gasteiger partial charge on any atom is 0.424 e. The van der Waals surface area contributed by atoms with Crippen molar-refractivity contribution in [2.24, 2.45) is 0 Å². The summed E-state index contributed by atoms with van der Waals surface area (Å²) in [7, 11) is 1.44. The molecule has 2 saturated heterocycles. The number of methoxy groups -OCH3 is 1. The number of ether oxygens (including phenoxy) is 1. The summed E-state index contributed by atoms with van der Waals surface area (Å²) in [6.45, 7) is 1.84. The normalized spacial score (nSPS) is 29.1. The molecule has 1 unspecified atom stereocenters. The molecule has 0 bridgehead atoms. The lowest BCUT2D eigenvalue weighted by Crippen LogP contribution is -2.41. The van der Waals surface area contributed by atoms with Crippen LogP contribution in [0.2, 0.25) is 0 Å². The van der Waals surface area contributed by atoms with Crippen LogP contribution in [0.4, 0.5) is 4.79 Å². The fourth-order valence-corrected chi connectivity index (χ4v) is 2.13. The summed E-state index contributed by atoms with van der Waals surface area (Å²) < 4.78 is 4.69. The first kappa shape index (κ1) is 7.86. The van der Waals surface area contributed by atoms with Crippen molar-refractivity contribution in [3.05, 3.63) is 0 Å². The third-order valence-electron chi connectivity index (χ3n) is 2.72. The van der Waals surface area contributed by atoms with Crippen LogP contribution in [0.25, 0.3) is 0 Å². The van der Waals surface area contributed by atoms with Crippen molar-refractivity contribution in [2.75, 3.05) is 20.2 Å². The standard InChI is InChI=1S/C8H14N2O2/c1-12-8(11)10-6-4-7-3-2-5-9(7)10/h7H,2-6H2,1H3. The van der Waals surface area contributed by atoms with E-state index in [2.05, 4.69) is 9.75 Å². The van der Waals surface area contributed by atoms with Gasteiger partial charge in [0.1, 0.15) is 0 Å². The van der Waals surface area contributed by atoms with E-state index in [0.717, 1.165) is 19.5 Å². The lowest BCUT2D eigenvalue weighted by molar-refractivity contribution is 0.0198. The maximum absolute atomic E-state index is 11.2. The number of hydrogen-bond donors (Lipinski definition) is 0. The number of nitrogens with zero attached hydrogens (tertiary/aromatic N) is 2. The van der Waals surface area contributed by atoms with Gasteiger partial charge >= 0.3 is 6.09 Å². The smallest absolute Gasteiger partial charge is 0.424 e. The van der Waals surface area contributed by atoms with Crippen LogP contribution in [0.1, 0.15) is 19.3 Å². The Bertz CT molecular complexity index is 195. The average molecular weight is 170 g/mol. The third-order valence-corrected chi connectivity index (χ3v) is 2.72. The zero-order chi connectivity index (χ0) is 8.55. The van der Waals surface area contributed by atoms with Crippen molar-refractivity contribution in [1.29, 1.82) is 0 Å². The third kappa shape index (κ3) is 1.06. The monoisotopic (exact) mass is 170 g/mol. The molecule has 0 aromatic rings. The number of hydrazine groups is 1. The van der Waals surface area contributed by atoms with Gasteiger partial charge in [-0.05, 0) is 19.3 Å². The van der Waals surface area contributed by atoms with E-state index >= 15 is 0 Å². The fraction of sp³-hybridized carbons (Fsp3) is 0.875. The zero-order valence-corrected chi connectivity index (χ0v) is 7.32. The molecule has 2 rings (SSSR count). The van der Waals surface area contributed by atoms with Crippen molar-refractivity contribution in [2.45, 2.75) is 25.3 Å². The quantitative estimate of drug-likeness (QED) is 0.540. The Morgan fingerprint density at radius 1 is 1.42 bits per heavy atom. The van der Waals surface area contributed by atoms with Crippen molar-refractivity contribution < 1.29 is 9.53 Å². The molecule has 4 nitrogen and oxygen atoms in total. The first-order valence-corrected chi connectivity index (χ1v) is 4.45. The predicted octanol–water partition coefficient (Wildman–Crippen LogP) is 0.838. The van der Waals surface area contributed by atoms with Crippen LogP contribution in [0.5, 0.6) is 0 Å². The van der Waals surface area contributed by atoms with E-state index in [1.165, 1.54) is 20.0 Å². The molecule has 0 radical (unpaired) electrons. The zero-order valence-electron chi connectivity index (χ0n) is 7.32. The van der Waals surface area contributed by atoms with Gasteiger partial charge < -0.3 is 4.74 Å². The number of carbonyl (C=O) groups excluding carboxylic acids is 1. The van der Waals surface area contributed by atoms with Crippen molar-refractivity contribution in [3.8, 4) is 0 Å². The molecule has 68 valence electrons. The highest BCUT2D eigenvalue weighted by molar-refractivity contribution is 5.67. The number of carbonyl (C=O) groups is 1. The van der Waals surface area contributed by atoms with Crippen LogP contribution in [0, 0.1) is 0 Å². The fourth-order valence-electron chi connectivity index (χ4n) is 2.13. The molecule has 0 aromatic carbocycles. The Morgan fingerprint density at radius 2 is 2.25 bits per heavy atom. The molecule has 1 atom stereocenters. The summed E-state index contributed by atoms with van der Waals surface area (Å²) in [5, 5.41) is 3.88. The Kier molecular flexibility index (Phi) is 1.92. The summed E-state index contributed by atoms with van der Waals surface area (Å²) in [4.78, 5) is 11.2. The largest absolute Gasteiger partial charge is 0.452 e. The molecule has 4 heteroatoms. The predicted molar refractivity (Wildman–Crippen MR) is 43.5 cm³/mol. The molecule has 2 heterocycles. The summed E-state index contributed by atoms with van der Waals surface area (Å²) in [5.74, 6) is 0. The molecule has 0 aromatic heterocycles. The SMILES string of the molecule is COC(=O)N1CCC2CCCN21. The van der Waals surface area contributed by atoms with E-state index in [1.54, 1.807) is 5.01 Å². The Balaban J connectivity index is 2.04. The van der Waals surface area contributed by atoms with E-state index in [1.807, 2.05) is 0 Å². The van der Waals surface area contributed by atoms with E-state index in [-0.39, 0.29) is 6.09 Å². The summed E-state index contributed by atoms with van der Waals surface area (Å²) >= 11 is 0. The highest BCUT2D eigenvalue weighted by atomic mass is 16.5. The average Bonchev–Trinajstić information content (AvgIpc) is 2.62. The van der Waals surface area contributed by atoms with Gasteiger partial charge in [0.2, 0.25) is 0 Å². The second kappa shape index (κ2) is 2.94. The van der Waals surface area contributed by atoms with Gasteiger partial charge in [0.05, 0.1) is 7.11 Å². The molecule has 2 fully saturated rings. The summed E-state index contributed by atoms with van der Waals surface area (Å²) in [6.07, 6.45) is 3.33. The molecule has 12 heavy (non-hydrogen) atoms. The van der Waals surface area contributed by atoms with Crippen molar-refractivity contribution >= 4 is 6.09 Å². The van der Waals surface area contributed by atoms with Crippen molar-refractivity contribution in [3.63, 3.8) is 0 Å². The van der Waals surface area contributed by atoms with Crippen LogP contribution in [0.3, 0.4) is 0 Å². The minimum atomic E-state index is -0.209. The lowest BCUT2D eigenvalue weighted by Gasteiger charge is -2.25. The van der Waals surface area contributed by atoms with Crippen LogP contribution in [-0.4, -0.2) is 42.4 Å². The van der Waals surface area contributed by atoms with E-state index < -0.39 is 0 Å². The van der Waals surface area contributed by atoms with Crippen molar-refractivity contribution in [1.82, 2.24) is 10.0 Å². The van der Waals surface area contributed by atoms with Crippen LogP contribution >= 0.6 is 0 Å². The van der Waals surface area contributed by atoms with Gasteiger partial charge in [0, 0.05) is 19.1 Å². The van der Waals surface area contributed by atoms with Crippen LogP contribution in [-0.2, 0) is 4.74 Å². The first-order valence-electron chi connectivity index (χ1n) is 4.45. The van der Waals surface area contributed by atoms with Gasteiger partial charge in [-0.3, -0.25) is 0 Å². The number of rotatable bonds is 0. The number of fused-ring (bicyclic) bond motifs is 1. The van der Waals surface area contributed by atoms with E-state index in [4.69, 9.17) is 0 Å². The van der Waals surface area contributed by atoms with Gasteiger partial charge in [0.15, 0.2) is 0 Å². The first-order chi connectivity index (χ1) is 5.83. The van der Waals surface area contributed by atoms with Gasteiger partial charge in [-0.1, -0.05) is 0 Å². The molecular formula is C8H14N2O2. The molecule has 0 saturated carbocycles. The minimum absolute atomic E-state index is 0.209. The molecular weight excluding hydrogens is 156 g/mol. The summed E-state index contributed by atoms with van der Waals surface area (Å²) in [6, 6.07) is 0.601. The van der Waals surface area contributed by atoms with Gasteiger partial charge in [-0.2, -0.15) is 0 Å². The number of hydrogen-bond acceptors (Lipinski definition) is 3. The summed E-state index contributed by atoms with van der Waals surface area (Å²) in [5.41, 5.74) is 0.